The second-order valence-electron chi connectivity index (χ2n) is 8.97. The van der Waals surface area contributed by atoms with Crippen molar-refractivity contribution in [1.29, 1.82) is 0 Å². The molecule has 0 amide bonds. The molecule has 2 aliphatic heterocycles. The van der Waals surface area contributed by atoms with Gasteiger partial charge < -0.3 is 14.8 Å². The number of aliphatic hydroxyl groups is 1. The van der Waals surface area contributed by atoms with Crippen molar-refractivity contribution in [2.45, 2.75) is 24.2 Å². The molecule has 0 aliphatic carbocycles. The molecule has 2 fully saturated rings. The number of fused-ring (bicyclic) bond motifs is 1. The summed E-state index contributed by atoms with van der Waals surface area (Å²) in [6.07, 6.45) is 3.05. The molecule has 2 N–H and O–H groups in total. The first-order chi connectivity index (χ1) is 16.8. The molecule has 2 aliphatic rings. The maximum Gasteiger partial charge on any atom is 0.421 e. The second-order valence-corrected chi connectivity index (χ2v) is 8.97. The highest BCUT2D eigenvalue weighted by Crippen LogP contribution is 2.48. The van der Waals surface area contributed by atoms with Crippen molar-refractivity contribution in [1.82, 2.24) is 34.6 Å². The lowest BCUT2D eigenvalue weighted by Crippen LogP contribution is -2.52. The molecule has 6 heterocycles. The third-order valence-corrected chi connectivity index (χ3v) is 7.02. The van der Waals surface area contributed by atoms with Gasteiger partial charge in [-0.1, -0.05) is 6.07 Å². The summed E-state index contributed by atoms with van der Waals surface area (Å²) < 4.78 is 49.3. The molecular formula is C23H22F3N7O2. The van der Waals surface area contributed by atoms with Gasteiger partial charge in [0.05, 0.1) is 37.3 Å². The van der Waals surface area contributed by atoms with Crippen LogP contribution in [0, 0.1) is 5.92 Å². The molecule has 0 aromatic carbocycles. The summed E-state index contributed by atoms with van der Waals surface area (Å²) in [5, 5.41) is 15.4. The average Bonchev–Trinajstić information content (AvgIpc) is 3.57. The lowest BCUT2D eigenvalue weighted by molar-refractivity contribution is -0.286. The van der Waals surface area contributed by atoms with Gasteiger partial charge in [-0.2, -0.15) is 18.3 Å². The largest absolute Gasteiger partial charge is 0.421 e. The van der Waals surface area contributed by atoms with Crippen molar-refractivity contribution in [3.8, 4) is 16.9 Å². The maximum atomic E-state index is 14.2. The molecule has 2 saturated heterocycles. The van der Waals surface area contributed by atoms with Crippen molar-refractivity contribution >= 4 is 11.2 Å². The molecule has 4 aromatic heterocycles. The molecule has 35 heavy (non-hydrogen) atoms. The number of rotatable bonds is 5. The highest BCUT2D eigenvalue weighted by molar-refractivity contribution is 5.88. The van der Waals surface area contributed by atoms with Crippen LogP contribution in [0.2, 0.25) is 0 Å². The number of nitrogens with one attached hydrogen (secondary N) is 1. The van der Waals surface area contributed by atoms with Gasteiger partial charge >= 0.3 is 6.18 Å². The zero-order chi connectivity index (χ0) is 24.2. The molecule has 0 bridgehead atoms. The van der Waals surface area contributed by atoms with E-state index in [9.17, 15) is 18.3 Å². The topological polar surface area (TPSA) is 105 Å². The number of aromatic nitrogens is 6. The van der Waals surface area contributed by atoms with Crippen LogP contribution in [0.1, 0.15) is 12.0 Å². The van der Waals surface area contributed by atoms with Crippen LogP contribution in [-0.4, -0.2) is 78.2 Å². The molecule has 9 nitrogen and oxygen atoms in total. The predicted octanol–water partition coefficient (Wildman–Crippen LogP) is 2.68. The van der Waals surface area contributed by atoms with Crippen molar-refractivity contribution in [3.05, 3.63) is 54.9 Å². The van der Waals surface area contributed by atoms with E-state index in [1.165, 1.54) is 16.8 Å². The van der Waals surface area contributed by atoms with Gasteiger partial charge in [0.25, 0.3) is 0 Å². The van der Waals surface area contributed by atoms with Crippen molar-refractivity contribution < 1.29 is 23.0 Å². The standard InChI is InChI=1S/C23H22F3N7O2/c24-23(25,26)22(34,16-4-6-32(10-16)17-11-35-12-17)15-1-2-19(28-8-15)33-9-14(7-31-33)18-3-5-27-21-20(18)29-13-30-21/h1-3,5,7-9,13,16-17,34H,4,6,10-12H2,(H,27,29,30)/t16?,22-/m0/s1. The number of aromatic amines is 1. The van der Waals surface area contributed by atoms with Crippen LogP contribution in [0.4, 0.5) is 13.2 Å². The monoisotopic (exact) mass is 485 g/mol. The summed E-state index contributed by atoms with van der Waals surface area (Å²) in [5.41, 5.74) is -0.332. The number of pyridine rings is 2. The van der Waals surface area contributed by atoms with Gasteiger partial charge in [-0.3, -0.25) is 4.90 Å². The van der Waals surface area contributed by atoms with Crippen LogP contribution in [0.3, 0.4) is 0 Å². The van der Waals surface area contributed by atoms with E-state index < -0.39 is 17.7 Å². The average molecular weight is 485 g/mol. The number of H-pyrrole nitrogens is 1. The summed E-state index contributed by atoms with van der Waals surface area (Å²) in [5.74, 6) is -0.658. The van der Waals surface area contributed by atoms with E-state index >= 15 is 0 Å². The Bertz CT molecular complexity index is 1350. The molecule has 0 spiro atoms. The summed E-state index contributed by atoms with van der Waals surface area (Å²) in [4.78, 5) is 17.6. The Hall–Kier alpha value is -3.35. The van der Waals surface area contributed by atoms with E-state index in [1.807, 2.05) is 11.0 Å². The Morgan fingerprint density at radius 2 is 1.94 bits per heavy atom. The van der Waals surface area contributed by atoms with E-state index in [2.05, 4.69) is 25.0 Å². The molecule has 0 saturated carbocycles. The lowest BCUT2D eigenvalue weighted by atomic mass is 9.80. The summed E-state index contributed by atoms with van der Waals surface area (Å²) in [7, 11) is 0. The Morgan fingerprint density at radius 3 is 2.66 bits per heavy atom. The minimum absolute atomic E-state index is 0.121. The first-order valence-electron chi connectivity index (χ1n) is 11.3. The fourth-order valence-electron chi connectivity index (χ4n) is 4.95. The Morgan fingerprint density at radius 1 is 1.09 bits per heavy atom. The van der Waals surface area contributed by atoms with Gasteiger partial charge in [0.1, 0.15) is 0 Å². The fraction of sp³-hybridized carbons (Fsp3) is 0.391. The number of hydrogen-bond acceptors (Lipinski definition) is 7. The van der Waals surface area contributed by atoms with E-state index in [1.54, 1.807) is 24.9 Å². The quantitative estimate of drug-likeness (QED) is 0.448. The molecule has 1 unspecified atom stereocenters. The van der Waals surface area contributed by atoms with Gasteiger partial charge in [0, 0.05) is 47.7 Å². The molecule has 4 aromatic rings. The maximum absolute atomic E-state index is 14.2. The highest BCUT2D eigenvalue weighted by Gasteiger charge is 2.61. The van der Waals surface area contributed by atoms with Crippen LogP contribution in [-0.2, 0) is 10.3 Å². The first kappa shape index (κ1) is 22.1. The number of halogens is 3. The molecule has 0 radical (unpaired) electrons. The SMILES string of the molecule is O[C@@](c1ccc(-n2cc(-c3ccnc4nc[nH]c34)cn2)nc1)(C1CCN(C2COC2)C1)C(F)(F)F. The molecule has 182 valence electrons. The van der Waals surface area contributed by atoms with E-state index in [0.717, 1.165) is 22.8 Å². The van der Waals surface area contributed by atoms with E-state index in [-0.39, 0.29) is 24.6 Å². The lowest BCUT2D eigenvalue weighted by Gasteiger charge is -2.38. The molecule has 12 heteroatoms. The fourth-order valence-corrected chi connectivity index (χ4v) is 4.95. The summed E-state index contributed by atoms with van der Waals surface area (Å²) in [6, 6.07) is 4.66. The number of alkyl halides is 3. The van der Waals surface area contributed by atoms with Crippen LogP contribution in [0.25, 0.3) is 28.1 Å². The first-order valence-corrected chi connectivity index (χ1v) is 11.3. The second kappa shape index (κ2) is 8.11. The molecule has 2 atom stereocenters. The van der Waals surface area contributed by atoms with E-state index in [0.29, 0.717) is 31.2 Å². The van der Waals surface area contributed by atoms with Crippen molar-refractivity contribution in [2.75, 3.05) is 26.3 Å². The van der Waals surface area contributed by atoms with Crippen molar-refractivity contribution in [2.24, 2.45) is 5.92 Å². The Labute approximate surface area is 197 Å². The van der Waals surface area contributed by atoms with Gasteiger partial charge in [0.15, 0.2) is 17.1 Å². The van der Waals surface area contributed by atoms with Gasteiger partial charge in [0.2, 0.25) is 0 Å². The van der Waals surface area contributed by atoms with Gasteiger partial charge in [-0.25, -0.2) is 19.6 Å². The third-order valence-electron chi connectivity index (χ3n) is 7.02. The summed E-state index contributed by atoms with van der Waals surface area (Å²) in [6.45, 7) is 1.69. The smallest absolute Gasteiger partial charge is 0.378 e. The van der Waals surface area contributed by atoms with Crippen LogP contribution >= 0.6 is 0 Å². The Balaban J connectivity index is 1.28. The zero-order valence-corrected chi connectivity index (χ0v) is 18.5. The molecule has 6 rings (SSSR count). The number of imidazole rings is 1. The zero-order valence-electron chi connectivity index (χ0n) is 18.5. The third kappa shape index (κ3) is 3.60. The molecular weight excluding hydrogens is 463 g/mol. The number of hydrogen-bond donors (Lipinski definition) is 2. The predicted molar refractivity (Wildman–Crippen MR) is 118 cm³/mol. The van der Waals surface area contributed by atoms with Crippen molar-refractivity contribution in [3.63, 3.8) is 0 Å². The van der Waals surface area contributed by atoms with Crippen LogP contribution in [0.15, 0.2) is 49.3 Å². The number of likely N-dealkylation sites (tertiary alicyclic amines) is 1. The minimum Gasteiger partial charge on any atom is -0.378 e. The Kier molecular flexibility index (Phi) is 5.13. The van der Waals surface area contributed by atoms with Crippen LogP contribution in [0.5, 0.6) is 0 Å². The van der Waals surface area contributed by atoms with E-state index in [4.69, 9.17) is 4.74 Å². The highest BCUT2D eigenvalue weighted by atomic mass is 19.4. The van der Waals surface area contributed by atoms with Gasteiger partial charge in [-0.05, 0) is 25.1 Å². The number of ether oxygens (including phenoxy) is 1. The van der Waals surface area contributed by atoms with Gasteiger partial charge in [-0.15, -0.1) is 0 Å². The number of nitrogens with zero attached hydrogens (tertiary/aromatic N) is 6. The minimum atomic E-state index is -4.84. The van der Waals surface area contributed by atoms with Crippen LogP contribution < -0.4 is 0 Å². The normalized spacial score (nSPS) is 21.3. The summed E-state index contributed by atoms with van der Waals surface area (Å²) >= 11 is 0.